The molecule has 3 aliphatic rings. The van der Waals surface area contributed by atoms with Crippen molar-refractivity contribution in [3.05, 3.63) is 0 Å². The van der Waals surface area contributed by atoms with Gasteiger partial charge in [0, 0.05) is 6.54 Å². The Balaban J connectivity index is 1.67. The van der Waals surface area contributed by atoms with Gasteiger partial charge >= 0.3 is 0 Å². The second-order valence-corrected chi connectivity index (χ2v) is 4.48. The zero-order valence-electron chi connectivity index (χ0n) is 8.24. The molecule has 0 spiro atoms. The number of hydrogen-bond donors (Lipinski definition) is 1. The van der Waals surface area contributed by atoms with Gasteiger partial charge in [-0.25, -0.2) is 0 Å². The smallest absolute Gasteiger partial charge is 0.240 e. The second kappa shape index (κ2) is 3.21. The zero-order chi connectivity index (χ0) is 9.54. The summed E-state index contributed by atoms with van der Waals surface area (Å²) in [5.41, 5.74) is 0. The molecule has 2 bridgehead atoms. The minimum Gasteiger partial charge on any atom is -0.374 e. The number of carbonyl (C=O) groups excluding carboxylic acids is 1. The van der Waals surface area contributed by atoms with E-state index in [2.05, 4.69) is 5.32 Å². The Morgan fingerprint density at radius 3 is 3.00 bits per heavy atom. The van der Waals surface area contributed by atoms with Crippen LogP contribution in [0.2, 0.25) is 0 Å². The van der Waals surface area contributed by atoms with Gasteiger partial charge in [-0.15, -0.1) is 0 Å². The largest absolute Gasteiger partial charge is 0.374 e. The van der Waals surface area contributed by atoms with Crippen LogP contribution in [0.25, 0.3) is 0 Å². The third-order valence-corrected chi connectivity index (χ3v) is 3.54. The normalized spacial score (nSPS) is 40.9. The first-order valence-corrected chi connectivity index (χ1v) is 5.50. The molecule has 0 radical (unpaired) electrons. The van der Waals surface area contributed by atoms with Crippen molar-refractivity contribution in [1.29, 1.82) is 0 Å². The van der Waals surface area contributed by atoms with Crippen molar-refractivity contribution in [3.63, 3.8) is 0 Å². The summed E-state index contributed by atoms with van der Waals surface area (Å²) in [5.74, 6) is 0.304. The van der Waals surface area contributed by atoms with E-state index in [4.69, 9.17) is 4.74 Å². The number of hydrogen-bond acceptors (Lipinski definition) is 3. The summed E-state index contributed by atoms with van der Waals surface area (Å²) >= 11 is 0. The topological polar surface area (TPSA) is 41.6 Å². The number of nitrogens with zero attached hydrogens (tertiary/aromatic N) is 1. The summed E-state index contributed by atoms with van der Waals surface area (Å²) < 4.78 is 5.48. The molecule has 78 valence electrons. The van der Waals surface area contributed by atoms with Crippen molar-refractivity contribution in [2.24, 2.45) is 0 Å². The fourth-order valence-electron chi connectivity index (χ4n) is 2.77. The molecule has 3 fully saturated rings. The number of morpholine rings is 1. The molecule has 3 saturated heterocycles. The highest BCUT2D eigenvalue weighted by molar-refractivity contribution is 5.83. The fraction of sp³-hybridized carbons (Fsp3) is 0.900. The molecule has 3 aliphatic heterocycles. The number of fused-ring (bicyclic) bond motifs is 2. The Morgan fingerprint density at radius 2 is 2.43 bits per heavy atom. The van der Waals surface area contributed by atoms with Crippen LogP contribution in [0.5, 0.6) is 0 Å². The average Bonchev–Trinajstić information content (AvgIpc) is 2.93. The molecule has 1 amide bonds. The van der Waals surface area contributed by atoms with E-state index in [1.54, 1.807) is 0 Å². The highest BCUT2D eigenvalue weighted by Crippen LogP contribution is 2.28. The first-order valence-electron chi connectivity index (χ1n) is 5.50. The maximum absolute atomic E-state index is 12.0. The average molecular weight is 196 g/mol. The van der Waals surface area contributed by atoms with Crippen molar-refractivity contribution in [2.75, 3.05) is 19.7 Å². The van der Waals surface area contributed by atoms with Crippen LogP contribution in [0.4, 0.5) is 0 Å². The molecule has 0 saturated carbocycles. The fourth-order valence-corrected chi connectivity index (χ4v) is 2.77. The molecule has 0 aromatic heterocycles. The van der Waals surface area contributed by atoms with E-state index in [9.17, 15) is 4.79 Å². The lowest BCUT2D eigenvalue weighted by atomic mass is 10.2. The van der Waals surface area contributed by atoms with Crippen molar-refractivity contribution >= 4 is 5.91 Å². The van der Waals surface area contributed by atoms with Gasteiger partial charge in [0.05, 0.1) is 24.8 Å². The third-order valence-electron chi connectivity index (χ3n) is 3.54. The van der Waals surface area contributed by atoms with E-state index in [0.29, 0.717) is 18.1 Å². The van der Waals surface area contributed by atoms with Crippen LogP contribution >= 0.6 is 0 Å². The molecule has 3 heterocycles. The van der Waals surface area contributed by atoms with Crippen LogP contribution in [0.1, 0.15) is 19.3 Å². The summed E-state index contributed by atoms with van der Waals surface area (Å²) in [4.78, 5) is 14.1. The maximum atomic E-state index is 12.0. The molecule has 2 unspecified atom stereocenters. The second-order valence-electron chi connectivity index (χ2n) is 4.48. The van der Waals surface area contributed by atoms with Crippen LogP contribution in [0.15, 0.2) is 0 Å². The van der Waals surface area contributed by atoms with Gasteiger partial charge in [0.25, 0.3) is 0 Å². The van der Waals surface area contributed by atoms with E-state index in [1.165, 1.54) is 0 Å². The number of carbonyl (C=O) groups is 1. The lowest BCUT2D eigenvalue weighted by Gasteiger charge is -2.29. The van der Waals surface area contributed by atoms with Gasteiger partial charge < -0.3 is 15.0 Å². The van der Waals surface area contributed by atoms with Gasteiger partial charge in [0.2, 0.25) is 5.91 Å². The predicted molar refractivity (Wildman–Crippen MR) is 50.9 cm³/mol. The Labute approximate surface area is 83.6 Å². The van der Waals surface area contributed by atoms with Crippen LogP contribution in [0, 0.1) is 0 Å². The highest BCUT2D eigenvalue weighted by atomic mass is 16.5. The minimum atomic E-state index is 0.0920. The molecule has 14 heavy (non-hydrogen) atoms. The van der Waals surface area contributed by atoms with Crippen molar-refractivity contribution in [3.8, 4) is 0 Å². The number of amides is 1. The number of nitrogens with one attached hydrogen (secondary N) is 1. The third kappa shape index (κ3) is 1.25. The highest BCUT2D eigenvalue weighted by Gasteiger charge is 2.43. The van der Waals surface area contributed by atoms with E-state index in [0.717, 1.165) is 39.0 Å². The summed E-state index contributed by atoms with van der Waals surface area (Å²) in [6.45, 7) is 2.57. The van der Waals surface area contributed by atoms with Crippen LogP contribution in [-0.2, 0) is 9.53 Å². The van der Waals surface area contributed by atoms with E-state index < -0.39 is 0 Å². The Hall–Kier alpha value is -0.610. The first-order chi connectivity index (χ1) is 6.84. The quantitative estimate of drug-likeness (QED) is 0.628. The van der Waals surface area contributed by atoms with Gasteiger partial charge in [-0.05, 0) is 25.8 Å². The van der Waals surface area contributed by atoms with Crippen LogP contribution < -0.4 is 5.32 Å². The lowest BCUT2D eigenvalue weighted by molar-refractivity contribution is -0.137. The molecular weight excluding hydrogens is 180 g/mol. The SMILES string of the molecule is O=C([C@@H]1CCCN1)N1CC2CC1CO2. The number of likely N-dealkylation sites (tertiary alicyclic amines) is 1. The standard InChI is InChI=1S/C10H16N2O2/c13-10(9-2-1-3-11-9)12-5-8-4-7(12)6-14-8/h7-9,11H,1-6H2/t7?,8?,9-/m0/s1. The summed E-state index contributed by atoms with van der Waals surface area (Å²) in [7, 11) is 0. The van der Waals surface area contributed by atoms with Crippen molar-refractivity contribution in [1.82, 2.24) is 10.2 Å². The van der Waals surface area contributed by atoms with Crippen molar-refractivity contribution in [2.45, 2.75) is 37.5 Å². The van der Waals surface area contributed by atoms with E-state index in [-0.39, 0.29) is 6.04 Å². The molecule has 3 rings (SSSR count). The molecule has 4 nitrogen and oxygen atoms in total. The molecular formula is C10H16N2O2. The predicted octanol–water partition coefficient (Wildman–Crippen LogP) is -0.262. The lowest BCUT2D eigenvalue weighted by Crippen LogP contribution is -2.49. The van der Waals surface area contributed by atoms with Gasteiger partial charge in [0.1, 0.15) is 0 Å². The molecule has 0 aromatic rings. The van der Waals surface area contributed by atoms with Crippen molar-refractivity contribution < 1.29 is 9.53 Å². The Bertz CT molecular complexity index is 251. The minimum absolute atomic E-state index is 0.0920. The van der Waals surface area contributed by atoms with Gasteiger partial charge in [-0.3, -0.25) is 4.79 Å². The van der Waals surface area contributed by atoms with E-state index >= 15 is 0 Å². The number of rotatable bonds is 1. The molecule has 1 N–H and O–H groups in total. The Morgan fingerprint density at radius 1 is 1.50 bits per heavy atom. The maximum Gasteiger partial charge on any atom is 0.240 e. The summed E-state index contributed by atoms with van der Waals surface area (Å²) in [6, 6.07) is 0.462. The molecule has 0 aromatic carbocycles. The summed E-state index contributed by atoms with van der Waals surface area (Å²) in [6.07, 6.45) is 3.52. The zero-order valence-corrected chi connectivity index (χ0v) is 8.24. The molecule has 3 atom stereocenters. The van der Waals surface area contributed by atoms with E-state index in [1.807, 2.05) is 4.90 Å². The van der Waals surface area contributed by atoms with Gasteiger partial charge in [0.15, 0.2) is 0 Å². The van der Waals surface area contributed by atoms with Crippen LogP contribution in [0.3, 0.4) is 0 Å². The van der Waals surface area contributed by atoms with Crippen LogP contribution in [-0.4, -0.2) is 48.7 Å². The molecule has 4 heteroatoms. The molecule has 0 aliphatic carbocycles. The Kier molecular flexibility index (Phi) is 1.99. The van der Waals surface area contributed by atoms with Gasteiger partial charge in [-0.2, -0.15) is 0 Å². The first kappa shape index (κ1) is 8.68. The number of ether oxygens (including phenoxy) is 1. The monoisotopic (exact) mass is 196 g/mol. The summed E-state index contributed by atoms with van der Waals surface area (Å²) in [5, 5.41) is 3.26. The van der Waals surface area contributed by atoms with Gasteiger partial charge in [-0.1, -0.05) is 0 Å².